The molecule has 6 heteroatoms. The summed E-state index contributed by atoms with van der Waals surface area (Å²) >= 11 is 5.86. The quantitative estimate of drug-likeness (QED) is 0.771. The Hall–Kier alpha value is -2.37. The first-order valence-corrected chi connectivity index (χ1v) is 8.22. The Labute approximate surface area is 152 Å². The lowest BCUT2D eigenvalue weighted by Gasteiger charge is -2.16. The number of carbonyl (C=O) groups is 2. The smallest absolute Gasteiger partial charge is 0.337 e. The molecule has 2 rings (SSSR count). The van der Waals surface area contributed by atoms with Gasteiger partial charge in [-0.2, -0.15) is 0 Å². The van der Waals surface area contributed by atoms with Crippen LogP contribution in [0, 0.1) is 0 Å². The molecule has 0 fully saturated rings. The molecule has 1 N–H and O–H groups in total. The van der Waals surface area contributed by atoms with Gasteiger partial charge in [-0.3, -0.25) is 9.69 Å². The first-order chi connectivity index (χ1) is 12.0. The fourth-order valence-electron chi connectivity index (χ4n) is 2.34. The number of rotatable bonds is 7. The second kappa shape index (κ2) is 9.20. The summed E-state index contributed by atoms with van der Waals surface area (Å²) in [5, 5.41) is 3.57. The molecular weight excluding hydrogens is 340 g/mol. The molecule has 132 valence electrons. The third kappa shape index (κ3) is 6.21. The minimum Gasteiger partial charge on any atom is -0.465 e. The van der Waals surface area contributed by atoms with Crippen LogP contribution in [0.4, 0.5) is 0 Å². The lowest BCUT2D eigenvalue weighted by molar-refractivity contribution is -0.122. The van der Waals surface area contributed by atoms with Gasteiger partial charge in [-0.1, -0.05) is 35.9 Å². The van der Waals surface area contributed by atoms with Crippen molar-refractivity contribution >= 4 is 23.5 Å². The Morgan fingerprint density at radius 2 is 1.64 bits per heavy atom. The second-order valence-corrected chi connectivity index (χ2v) is 6.20. The molecule has 0 unspecified atom stereocenters. The number of nitrogens with zero attached hydrogens (tertiary/aromatic N) is 1. The van der Waals surface area contributed by atoms with Gasteiger partial charge in [-0.15, -0.1) is 0 Å². The van der Waals surface area contributed by atoms with Crippen LogP contribution in [-0.2, 0) is 22.6 Å². The van der Waals surface area contributed by atoms with Crippen LogP contribution in [0.25, 0.3) is 0 Å². The first kappa shape index (κ1) is 19.0. The Morgan fingerprint density at radius 1 is 1.04 bits per heavy atom. The molecule has 0 aromatic heterocycles. The van der Waals surface area contributed by atoms with Gasteiger partial charge in [0.2, 0.25) is 5.91 Å². The highest BCUT2D eigenvalue weighted by molar-refractivity contribution is 6.30. The van der Waals surface area contributed by atoms with Crippen LogP contribution in [0.5, 0.6) is 0 Å². The first-order valence-electron chi connectivity index (χ1n) is 7.85. The molecule has 0 radical (unpaired) electrons. The highest BCUT2D eigenvalue weighted by Gasteiger charge is 2.08. The Bertz CT molecular complexity index is 714. The summed E-state index contributed by atoms with van der Waals surface area (Å²) in [6.45, 7) is 1.37. The summed E-state index contributed by atoms with van der Waals surface area (Å²) in [7, 11) is 3.23. The number of hydrogen-bond donors (Lipinski definition) is 1. The van der Waals surface area contributed by atoms with E-state index < -0.39 is 0 Å². The maximum absolute atomic E-state index is 12.0. The summed E-state index contributed by atoms with van der Waals surface area (Å²) in [4.78, 5) is 25.4. The number of nitrogens with one attached hydrogen (secondary N) is 1. The van der Waals surface area contributed by atoms with E-state index in [2.05, 4.69) is 10.1 Å². The van der Waals surface area contributed by atoms with Crippen molar-refractivity contribution in [1.29, 1.82) is 0 Å². The third-order valence-electron chi connectivity index (χ3n) is 3.64. The lowest BCUT2D eigenvalue weighted by atomic mass is 10.1. The van der Waals surface area contributed by atoms with E-state index in [0.29, 0.717) is 30.2 Å². The summed E-state index contributed by atoms with van der Waals surface area (Å²) in [6, 6.07) is 14.5. The molecule has 0 aliphatic heterocycles. The molecule has 1 amide bonds. The summed E-state index contributed by atoms with van der Waals surface area (Å²) in [5.74, 6) is -0.437. The average molecular weight is 361 g/mol. The van der Waals surface area contributed by atoms with Gasteiger partial charge in [-0.25, -0.2) is 4.79 Å². The number of ether oxygens (including phenoxy) is 1. The number of carbonyl (C=O) groups excluding carboxylic acids is 2. The van der Waals surface area contributed by atoms with Gasteiger partial charge in [0.05, 0.1) is 19.2 Å². The minimum absolute atomic E-state index is 0.0616. The minimum atomic E-state index is -0.376. The third-order valence-corrected chi connectivity index (χ3v) is 3.90. The SMILES string of the molecule is COC(=O)c1ccc(CNC(=O)CN(C)Cc2ccc(Cl)cc2)cc1. The topological polar surface area (TPSA) is 58.6 Å². The molecule has 0 saturated heterocycles. The van der Waals surface area contributed by atoms with Crippen LogP contribution in [-0.4, -0.2) is 37.5 Å². The van der Waals surface area contributed by atoms with E-state index in [1.807, 2.05) is 36.2 Å². The molecule has 0 spiro atoms. The fourth-order valence-corrected chi connectivity index (χ4v) is 2.46. The van der Waals surface area contributed by atoms with Crippen molar-refractivity contribution in [1.82, 2.24) is 10.2 Å². The predicted molar refractivity (Wildman–Crippen MR) is 97.4 cm³/mol. The van der Waals surface area contributed by atoms with E-state index in [1.165, 1.54) is 7.11 Å². The van der Waals surface area contributed by atoms with Crippen molar-refractivity contribution in [2.75, 3.05) is 20.7 Å². The van der Waals surface area contributed by atoms with E-state index in [4.69, 9.17) is 11.6 Å². The number of benzene rings is 2. The summed E-state index contributed by atoms with van der Waals surface area (Å²) < 4.78 is 4.65. The molecule has 0 bridgehead atoms. The predicted octanol–water partition coefficient (Wildman–Crippen LogP) is 2.87. The van der Waals surface area contributed by atoms with Crippen LogP contribution in [0.15, 0.2) is 48.5 Å². The molecule has 0 atom stereocenters. The zero-order chi connectivity index (χ0) is 18.2. The van der Waals surface area contributed by atoms with Crippen LogP contribution < -0.4 is 5.32 Å². The second-order valence-electron chi connectivity index (χ2n) is 5.76. The van der Waals surface area contributed by atoms with Crippen LogP contribution in [0.1, 0.15) is 21.5 Å². The molecule has 0 aliphatic carbocycles. The molecule has 0 heterocycles. The van der Waals surface area contributed by atoms with Gasteiger partial charge in [0.15, 0.2) is 0 Å². The molecule has 0 aliphatic rings. The van der Waals surface area contributed by atoms with Crippen LogP contribution >= 0.6 is 11.6 Å². The van der Waals surface area contributed by atoms with Crippen molar-refractivity contribution in [3.63, 3.8) is 0 Å². The number of halogens is 1. The van der Waals surface area contributed by atoms with Gasteiger partial charge in [0, 0.05) is 18.1 Å². The molecule has 25 heavy (non-hydrogen) atoms. The van der Waals surface area contributed by atoms with Crippen molar-refractivity contribution in [3.8, 4) is 0 Å². The zero-order valence-corrected chi connectivity index (χ0v) is 15.0. The van der Waals surface area contributed by atoms with Crippen LogP contribution in [0.3, 0.4) is 0 Å². The van der Waals surface area contributed by atoms with Gasteiger partial charge in [0.25, 0.3) is 0 Å². The van der Waals surface area contributed by atoms with Crippen molar-refractivity contribution in [3.05, 3.63) is 70.2 Å². The van der Waals surface area contributed by atoms with Crippen molar-refractivity contribution in [2.24, 2.45) is 0 Å². The Balaban J connectivity index is 1.77. The highest BCUT2D eigenvalue weighted by atomic mass is 35.5. The Morgan fingerprint density at radius 3 is 2.24 bits per heavy atom. The van der Waals surface area contributed by atoms with E-state index >= 15 is 0 Å². The lowest BCUT2D eigenvalue weighted by Crippen LogP contribution is -2.34. The highest BCUT2D eigenvalue weighted by Crippen LogP contribution is 2.11. The maximum Gasteiger partial charge on any atom is 0.337 e. The average Bonchev–Trinajstić information content (AvgIpc) is 2.61. The number of methoxy groups -OCH3 is 1. The molecule has 2 aromatic carbocycles. The van der Waals surface area contributed by atoms with E-state index in [9.17, 15) is 9.59 Å². The fraction of sp³-hybridized carbons (Fsp3) is 0.263. The molecular formula is C19H21ClN2O3. The number of esters is 1. The zero-order valence-electron chi connectivity index (χ0n) is 14.3. The van der Waals surface area contributed by atoms with Gasteiger partial charge < -0.3 is 10.1 Å². The van der Waals surface area contributed by atoms with Gasteiger partial charge in [0.1, 0.15) is 0 Å². The molecule has 2 aromatic rings. The van der Waals surface area contributed by atoms with Crippen molar-refractivity contribution < 1.29 is 14.3 Å². The van der Waals surface area contributed by atoms with E-state index in [1.54, 1.807) is 24.3 Å². The van der Waals surface area contributed by atoms with Crippen LogP contribution in [0.2, 0.25) is 5.02 Å². The maximum atomic E-state index is 12.0. The standard InChI is InChI=1S/C19H21ClN2O3/c1-22(12-15-5-9-17(20)10-6-15)13-18(23)21-11-14-3-7-16(8-4-14)19(24)25-2/h3-10H,11-13H2,1-2H3,(H,21,23). The molecule has 0 saturated carbocycles. The number of hydrogen-bond acceptors (Lipinski definition) is 4. The monoisotopic (exact) mass is 360 g/mol. The normalized spacial score (nSPS) is 10.6. The van der Waals surface area contributed by atoms with E-state index in [0.717, 1.165) is 11.1 Å². The largest absolute Gasteiger partial charge is 0.465 e. The van der Waals surface area contributed by atoms with Crippen molar-refractivity contribution in [2.45, 2.75) is 13.1 Å². The number of likely N-dealkylation sites (N-methyl/N-ethyl adjacent to an activating group) is 1. The van der Waals surface area contributed by atoms with E-state index in [-0.39, 0.29) is 11.9 Å². The summed E-state index contributed by atoms with van der Waals surface area (Å²) in [5.41, 5.74) is 2.50. The Kier molecular flexibility index (Phi) is 6.98. The van der Waals surface area contributed by atoms with Gasteiger partial charge in [-0.05, 0) is 42.4 Å². The van der Waals surface area contributed by atoms with Gasteiger partial charge >= 0.3 is 5.97 Å². The summed E-state index contributed by atoms with van der Waals surface area (Å²) in [6.07, 6.45) is 0. The number of amides is 1. The molecule has 5 nitrogen and oxygen atoms in total.